The van der Waals surface area contributed by atoms with Crippen molar-refractivity contribution in [3.8, 4) is 11.1 Å². The van der Waals surface area contributed by atoms with Crippen LogP contribution in [0.25, 0.3) is 11.1 Å². The van der Waals surface area contributed by atoms with Crippen molar-refractivity contribution in [3.63, 3.8) is 0 Å². The number of aromatic nitrogens is 1. The molecule has 0 unspecified atom stereocenters. The van der Waals surface area contributed by atoms with Crippen LogP contribution >= 0.6 is 23.2 Å². The summed E-state index contributed by atoms with van der Waals surface area (Å²) < 4.78 is 0. The van der Waals surface area contributed by atoms with Gasteiger partial charge >= 0.3 is 0 Å². The van der Waals surface area contributed by atoms with Crippen molar-refractivity contribution in [2.45, 2.75) is 20.4 Å². The van der Waals surface area contributed by atoms with E-state index in [2.05, 4.69) is 29.8 Å². The molecule has 2 rings (SSSR count). The third-order valence-electron chi connectivity index (χ3n) is 3.36. The highest BCUT2D eigenvalue weighted by atomic mass is 35.5. The van der Waals surface area contributed by atoms with Crippen LogP contribution in [0.5, 0.6) is 0 Å². The molecule has 20 heavy (non-hydrogen) atoms. The first kappa shape index (κ1) is 15.3. The summed E-state index contributed by atoms with van der Waals surface area (Å²) in [7, 11) is 0. The first-order chi connectivity index (χ1) is 9.65. The summed E-state index contributed by atoms with van der Waals surface area (Å²) in [6, 6.07) is 7.79. The quantitative estimate of drug-likeness (QED) is 0.781. The lowest BCUT2D eigenvalue weighted by atomic mass is 10.1. The van der Waals surface area contributed by atoms with Crippen LogP contribution in [0.15, 0.2) is 36.7 Å². The highest BCUT2D eigenvalue weighted by molar-refractivity contribution is 6.43. The predicted octanol–water partition coefficient (Wildman–Crippen LogP) is 4.90. The highest BCUT2D eigenvalue weighted by Gasteiger charge is 2.09. The minimum absolute atomic E-state index is 0.568. The Morgan fingerprint density at radius 3 is 2.55 bits per heavy atom. The topological polar surface area (TPSA) is 16.1 Å². The van der Waals surface area contributed by atoms with Gasteiger partial charge < -0.3 is 0 Å². The van der Waals surface area contributed by atoms with Crippen LogP contribution in [0.4, 0.5) is 0 Å². The van der Waals surface area contributed by atoms with Crippen molar-refractivity contribution in [1.82, 2.24) is 9.88 Å². The summed E-state index contributed by atoms with van der Waals surface area (Å²) in [5, 5.41) is 1.15. The van der Waals surface area contributed by atoms with E-state index in [0.29, 0.717) is 10.0 Å². The molecular weight excluding hydrogens is 291 g/mol. The van der Waals surface area contributed by atoms with Gasteiger partial charge in [-0.3, -0.25) is 9.88 Å². The van der Waals surface area contributed by atoms with E-state index < -0.39 is 0 Å². The van der Waals surface area contributed by atoms with E-state index in [0.717, 1.165) is 30.8 Å². The zero-order valence-electron chi connectivity index (χ0n) is 11.7. The monoisotopic (exact) mass is 308 g/mol. The second-order valence-electron chi connectivity index (χ2n) is 4.64. The molecule has 0 aliphatic heterocycles. The second-order valence-corrected chi connectivity index (χ2v) is 5.43. The van der Waals surface area contributed by atoms with Crippen molar-refractivity contribution < 1.29 is 0 Å². The summed E-state index contributed by atoms with van der Waals surface area (Å²) in [5.74, 6) is 0. The Labute approximate surface area is 130 Å². The van der Waals surface area contributed by atoms with Gasteiger partial charge in [-0.1, -0.05) is 49.2 Å². The van der Waals surface area contributed by atoms with Gasteiger partial charge in [0.15, 0.2) is 0 Å². The summed E-state index contributed by atoms with van der Waals surface area (Å²) in [6.45, 7) is 7.27. The fourth-order valence-electron chi connectivity index (χ4n) is 2.15. The van der Waals surface area contributed by atoms with Gasteiger partial charge in [0.05, 0.1) is 10.0 Å². The van der Waals surface area contributed by atoms with Gasteiger partial charge in [-0.25, -0.2) is 0 Å². The van der Waals surface area contributed by atoms with Crippen LogP contribution in [0.1, 0.15) is 19.4 Å². The minimum Gasteiger partial charge on any atom is -0.300 e. The molecule has 0 bridgehead atoms. The van der Waals surface area contributed by atoms with Crippen LogP contribution < -0.4 is 0 Å². The van der Waals surface area contributed by atoms with Gasteiger partial charge in [-0.05, 0) is 30.8 Å². The van der Waals surface area contributed by atoms with Gasteiger partial charge in [0, 0.05) is 30.1 Å². The number of benzene rings is 1. The number of nitrogens with zero attached hydrogens (tertiary/aromatic N) is 2. The lowest BCUT2D eigenvalue weighted by molar-refractivity contribution is 0.295. The van der Waals surface area contributed by atoms with Gasteiger partial charge in [-0.2, -0.15) is 0 Å². The smallest absolute Gasteiger partial charge is 0.0671 e. The molecule has 0 aliphatic carbocycles. The van der Waals surface area contributed by atoms with Crippen LogP contribution in [-0.4, -0.2) is 23.0 Å². The van der Waals surface area contributed by atoms with Crippen LogP contribution in [-0.2, 0) is 6.54 Å². The van der Waals surface area contributed by atoms with E-state index in [9.17, 15) is 0 Å². The number of rotatable bonds is 5. The van der Waals surface area contributed by atoms with Crippen molar-refractivity contribution in [2.75, 3.05) is 13.1 Å². The Bertz CT molecular complexity index is 580. The predicted molar refractivity (Wildman–Crippen MR) is 86.3 cm³/mol. The maximum atomic E-state index is 6.27. The first-order valence-electron chi connectivity index (χ1n) is 6.76. The summed E-state index contributed by atoms with van der Waals surface area (Å²) in [5.41, 5.74) is 3.11. The average molecular weight is 309 g/mol. The van der Waals surface area contributed by atoms with Crippen LogP contribution in [0.3, 0.4) is 0 Å². The van der Waals surface area contributed by atoms with Crippen LogP contribution in [0.2, 0.25) is 10.0 Å². The largest absolute Gasteiger partial charge is 0.300 e. The van der Waals surface area contributed by atoms with E-state index in [4.69, 9.17) is 23.2 Å². The zero-order chi connectivity index (χ0) is 14.5. The molecule has 4 heteroatoms. The Morgan fingerprint density at radius 2 is 1.85 bits per heavy atom. The molecule has 0 radical (unpaired) electrons. The number of hydrogen-bond donors (Lipinski definition) is 0. The van der Waals surface area contributed by atoms with Crippen molar-refractivity contribution in [2.24, 2.45) is 0 Å². The normalized spacial score (nSPS) is 11.1. The third-order valence-corrected chi connectivity index (χ3v) is 4.18. The lowest BCUT2D eigenvalue weighted by Crippen LogP contribution is -2.22. The fourth-order valence-corrected chi connectivity index (χ4v) is 2.56. The molecule has 2 nitrogen and oxygen atoms in total. The minimum atomic E-state index is 0.568. The standard InChI is InChI=1S/C16H18Cl2N2/c1-3-20(4-2)11-12-8-13(10-19-9-12)14-6-5-7-15(17)16(14)18/h5-10H,3-4,11H2,1-2H3. The molecule has 0 saturated heterocycles. The van der Waals surface area contributed by atoms with E-state index in [1.165, 1.54) is 5.56 Å². The molecule has 0 saturated carbocycles. The molecular formula is C16H18Cl2N2. The van der Waals surface area contributed by atoms with E-state index in [1.807, 2.05) is 24.5 Å². The third kappa shape index (κ3) is 3.51. The van der Waals surface area contributed by atoms with Crippen LogP contribution in [0, 0.1) is 0 Å². The highest BCUT2D eigenvalue weighted by Crippen LogP contribution is 2.33. The molecule has 1 aromatic carbocycles. The van der Waals surface area contributed by atoms with E-state index in [1.54, 1.807) is 6.07 Å². The first-order valence-corrected chi connectivity index (χ1v) is 7.52. The van der Waals surface area contributed by atoms with Crippen molar-refractivity contribution in [3.05, 3.63) is 52.3 Å². The Hall–Kier alpha value is -1.09. The molecule has 0 aliphatic rings. The molecule has 2 aromatic rings. The number of hydrogen-bond acceptors (Lipinski definition) is 2. The molecule has 0 N–H and O–H groups in total. The van der Waals surface area contributed by atoms with E-state index >= 15 is 0 Å². The van der Waals surface area contributed by atoms with Crippen molar-refractivity contribution >= 4 is 23.2 Å². The van der Waals surface area contributed by atoms with Gasteiger partial charge in [0.1, 0.15) is 0 Å². The maximum Gasteiger partial charge on any atom is 0.0671 e. The molecule has 0 spiro atoms. The zero-order valence-corrected chi connectivity index (χ0v) is 13.2. The average Bonchev–Trinajstić information content (AvgIpc) is 2.48. The molecule has 1 heterocycles. The molecule has 0 atom stereocenters. The summed E-state index contributed by atoms with van der Waals surface area (Å²) in [6.07, 6.45) is 3.73. The molecule has 0 amide bonds. The SMILES string of the molecule is CCN(CC)Cc1cncc(-c2cccc(Cl)c2Cl)c1. The maximum absolute atomic E-state index is 6.27. The molecule has 106 valence electrons. The van der Waals surface area contributed by atoms with Gasteiger partial charge in [-0.15, -0.1) is 0 Å². The summed E-state index contributed by atoms with van der Waals surface area (Å²) >= 11 is 12.3. The Balaban J connectivity index is 2.32. The Kier molecular flexibility index (Phi) is 5.41. The summed E-state index contributed by atoms with van der Waals surface area (Å²) in [4.78, 5) is 6.67. The van der Waals surface area contributed by atoms with Gasteiger partial charge in [0.25, 0.3) is 0 Å². The molecule has 0 fully saturated rings. The Morgan fingerprint density at radius 1 is 1.10 bits per heavy atom. The molecule has 1 aromatic heterocycles. The second kappa shape index (κ2) is 7.07. The lowest BCUT2D eigenvalue weighted by Gasteiger charge is -2.18. The number of pyridine rings is 1. The number of halogens is 2. The van der Waals surface area contributed by atoms with Gasteiger partial charge in [0.2, 0.25) is 0 Å². The fraction of sp³-hybridized carbons (Fsp3) is 0.312. The van der Waals surface area contributed by atoms with E-state index in [-0.39, 0.29) is 0 Å². The van der Waals surface area contributed by atoms with Crippen molar-refractivity contribution in [1.29, 1.82) is 0 Å².